The highest BCUT2D eigenvalue weighted by Gasteiger charge is 1.95. The molecule has 48 valence electrons. The highest BCUT2D eigenvalue weighted by atomic mass is 32.2. The van der Waals surface area contributed by atoms with Crippen molar-refractivity contribution in [3.05, 3.63) is 12.7 Å². The summed E-state index contributed by atoms with van der Waals surface area (Å²) < 4.78 is 0. The van der Waals surface area contributed by atoms with Gasteiger partial charge >= 0.3 is 0 Å². The third-order valence-corrected chi connectivity index (χ3v) is 1.71. The van der Waals surface area contributed by atoms with E-state index in [2.05, 4.69) is 13.5 Å². The smallest absolute Gasteiger partial charge is 0.0105 e. The lowest BCUT2D eigenvalue weighted by Crippen LogP contribution is -1.98. The van der Waals surface area contributed by atoms with Crippen molar-refractivity contribution in [1.82, 2.24) is 0 Å². The summed E-state index contributed by atoms with van der Waals surface area (Å²) in [5.74, 6) is 1.72. The molecule has 0 bridgehead atoms. The van der Waals surface area contributed by atoms with Crippen LogP contribution in [0, 0.1) is 5.92 Å². The summed E-state index contributed by atoms with van der Waals surface area (Å²) in [5, 5.41) is 5.24. The van der Waals surface area contributed by atoms with Gasteiger partial charge in [-0.2, -0.15) is 0 Å². The summed E-state index contributed by atoms with van der Waals surface area (Å²) in [5.41, 5.74) is 0. The summed E-state index contributed by atoms with van der Waals surface area (Å²) in [6.07, 6.45) is 3.01. The fourth-order valence-electron chi connectivity index (χ4n) is 0.517. The first kappa shape index (κ1) is 8.05. The number of allylic oxidation sites excluding steroid dienone is 1. The van der Waals surface area contributed by atoms with E-state index in [1.54, 1.807) is 0 Å². The minimum atomic E-state index is 0.683. The van der Waals surface area contributed by atoms with E-state index >= 15 is 0 Å². The first-order chi connectivity index (χ1) is 3.81. The Balaban J connectivity index is 3.03. The Hall–Kier alpha value is 0.0500. The molecule has 2 heteroatoms. The second-order valence-corrected chi connectivity index (χ2v) is 2.63. The van der Waals surface area contributed by atoms with Crippen molar-refractivity contribution >= 4 is 11.9 Å². The Morgan fingerprint density at radius 1 is 1.88 bits per heavy atom. The van der Waals surface area contributed by atoms with E-state index < -0.39 is 0 Å². The second-order valence-electron chi connectivity index (χ2n) is 1.96. The van der Waals surface area contributed by atoms with Gasteiger partial charge in [-0.15, -0.1) is 6.58 Å². The van der Waals surface area contributed by atoms with Crippen LogP contribution in [-0.2, 0) is 0 Å². The molecule has 0 spiro atoms. The number of hydrogen-bond acceptors (Lipinski definition) is 2. The van der Waals surface area contributed by atoms with E-state index in [0.29, 0.717) is 5.92 Å². The van der Waals surface area contributed by atoms with Crippen LogP contribution < -0.4 is 5.14 Å². The third kappa shape index (κ3) is 4.22. The highest BCUT2D eigenvalue weighted by Crippen LogP contribution is 2.05. The summed E-state index contributed by atoms with van der Waals surface area (Å²) in [6.45, 7) is 5.80. The van der Waals surface area contributed by atoms with Gasteiger partial charge in [0, 0.05) is 5.75 Å². The predicted octanol–water partition coefficient (Wildman–Crippen LogP) is 1.81. The monoisotopic (exact) mass is 131 g/mol. The van der Waals surface area contributed by atoms with Crippen LogP contribution in [0.2, 0.25) is 0 Å². The summed E-state index contributed by atoms with van der Waals surface area (Å²) in [7, 11) is 0. The maximum Gasteiger partial charge on any atom is 0.0105 e. The van der Waals surface area contributed by atoms with Crippen molar-refractivity contribution in [2.24, 2.45) is 11.1 Å². The lowest BCUT2D eigenvalue weighted by Gasteiger charge is -2.02. The minimum Gasteiger partial charge on any atom is -0.278 e. The van der Waals surface area contributed by atoms with Gasteiger partial charge in [0.15, 0.2) is 0 Å². The van der Waals surface area contributed by atoms with Crippen molar-refractivity contribution < 1.29 is 0 Å². The van der Waals surface area contributed by atoms with Crippen molar-refractivity contribution in [2.75, 3.05) is 5.75 Å². The predicted molar refractivity (Wildman–Crippen MR) is 40.6 cm³/mol. The van der Waals surface area contributed by atoms with E-state index in [1.165, 1.54) is 11.9 Å². The fraction of sp³-hybridized carbons (Fsp3) is 0.667. The Morgan fingerprint density at radius 3 is 2.88 bits per heavy atom. The van der Waals surface area contributed by atoms with Crippen molar-refractivity contribution in [3.8, 4) is 0 Å². The molecule has 0 saturated heterocycles. The normalized spacial score (nSPS) is 13.2. The molecular weight excluding hydrogens is 118 g/mol. The molecule has 0 aromatic rings. The molecule has 0 amide bonds. The molecule has 0 aromatic heterocycles. The van der Waals surface area contributed by atoms with Crippen molar-refractivity contribution in [3.63, 3.8) is 0 Å². The highest BCUT2D eigenvalue weighted by molar-refractivity contribution is 7.97. The van der Waals surface area contributed by atoms with Crippen LogP contribution in [0.1, 0.15) is 13.3 Å². The maximum absolute atomic E-state index is 5.24. The van der Waals surface area contributed by atoms with Gasteiger partial charge < -0.3 is 0 Å². The molecule has 0 heterocycles. The van der Waals surface area contributed by atoms with Gasteiger partial charge in [0.2, 0.25) is 0 Å². The van der Waals surface area contributed by atoms with Gasteiger partial charge in [-0.1, -0.05) is 24.9 Å². The van der Waals surface area contributed by atoms with Gasteiger partial charge in [-0.05, 0) is 12.3 Å². The SMILES string of the molecule is C=CC[C@@H](C)CSN. The fourth-order valence-corrected chi connectivity index (χ4v) is 0.981. The van der Waals surface area contributed by atoms with E-state index in [-0.39, 0.29) is 0 Å². The average molecular weight is 131 g/mol. The molecule has 1 nitrogen and oxygen atoms in total. The molecular formula is C6H13NS. The molecule has 0 aliphatic heterocycles. The Kier molecular flexibility index (Phi) is 5.22. The van der Waals surface area contributed by atoms with Gasteiger partial charge in [-0.3, -0.25) is 5.14 Å². The molecule has 0 rings (SSSR count). The molecule has 0 aliphatic carbocycles. The maximum atomic E-state index is 5.24. The van der Waals surface area contributed by atoms with Gasteiger partial charge in [0.1, 0.15) is 0 Å². The van der Waals surface area contributed by atoms with E-state index in [9.17, 15) is 0 Å². The Labute approximate surface area is 55.5 Å². The zero-order chi connectivity index (χ0) is 6.41. The van der Waals surface area contributed by atoms with E-state index in [1.807, 2.05) is 6.08 Å². The van der Waals surface area contributed by atoms with Crippen molar-refractivity contribution in [2.45, 2.75) is 13.3 Å². The molecule has 0 radical (unpaired) electrons. The number of hydrogen-bond donors (Lipinski definition) is 1. The summed E-state index contributed by atoms with van der Waals surface area (Å²) in [6, 6.07) is 0. The van der Waals surface area contributed by atoms with Crippen LogP contribution in [0.5, 0.6) is 0 Å². The van der Waals surface area contributed by atoms with Gasteiger partial charge in [0.05, 0.1) is 0 Å². The molecule has 8 heavy (non-hydrogen) atoms. The van der Waals surface area contributed by atoms with Crippen LogP contribution in [0.4, 0.5) is 0 Å². The molecule has 0 saturated carbocycles. The molecule has 0 aliphatic rings. The van der Waals surface area contributed by atoms with Gasteiger partial charge in [-0.25, -0.2) is 0 Å². The Bertz CT molecular complexity index is 63.5. The lowest BCUT2D eigenvalue weighted by atomic mass is 10.1. The number of nitrogens with two attached hydrogens (primary N) is 1. The molecule has 0 aromatic carbocycles. The molecule has 1 atom stereocenters. The van der Waals surface area contributed by atoms with E-state index in [0.717, 1.165) is 12.2 Å². The molecule has 2 N–H and O–H groups in total. The lowest BCUT2D eigenvalue weighted by molar-refractivity contribution is 0.677. The molecule has 0 fully saturated rings. The van der Waals surface area contributed by atoms with Crippen LogP contribution in [0.25, 0.3) is 0 Å². The van der Waals surface area contributed by atoms with Crippen LogP contribution in [-0.4, -0.2) is 5.75 Å². The Morgan fingerprint density at radius 2 is 2.50 bits per heavy atom. The zero-order valence-electron chi connectivity index (χ0n) is 5.26. The topological polar surface area (TPSA) is 26.0 Å². The first-order valence-electron chi connectivity index (χ1n) is 2.73. The van der Waals surface area contributed by atoms with E-state index in [4.69, 9.17) is 5.14 Å². The average Bonchev–Trinajstić information content (AvgIpc) is 1.68. The summed E-state index contributed by atoms with van der Waals surface area (Å²) >= 11 is 1.40. The summed E-state index contributed by atoms with van der Waals surface area (Å²) in [4.78, 5) is 0. The molecule has 0 unspecified atom stereocenters. The van der Waals surface area contributed by atoms with Crippen LogP contribution >= 0.6 is 11.9 Å². The van der Waals surface area contributed by atoms with Crippen LogP contribution in [0.3, 0.4) is 0 Å². The first-order valence-corrected chi connectivity index (χ1v) is 3.78. The van der Waals surface area contributed by atoms with Crippen molar-refractivity contribution in [1.29, 1.82) is 0 Å². The largest absolute Gasteiger partial charge is 0.278 e. The van der Waals surface area contributed by atoms with Crippen LogP contribution in [0.15, 0.2) is 12.7 Å². The number of rotatable bonds is 4. The standard InChI is InChI=1S/C6H13NS/c1-3-4-6(2)5-8-7/h3,6H,1,4-5,7H2,2H3/t6-/m1/s1. The zero-order valence-corrected chi connectivity index (χ0v) is 6.08. The van der Waals surface area contributed by atoms with Gasteiger partial charge in [0.25, 0.3) is 0 Å². The quantitative estimate of drug-likeness (QED) is 0.465. The minimum absolute atomic E-state index is 0.683. The third-order valence-electron chi connectivity index (χ3n) is 0.950. The second kappa shape index (κ2) is 5.19.